The van der Waals surface area contributed by atoms with Crippen molar-refractivity contribution in [2.75, 3.05) is 5.32 Å². The van der Waals surface area contributed by atoms with Gasteiger partial charge in [0.2, 0.25) is 5.91 Å². The van der Waals surface area contributed by atoms with Gasteiger partial charge in [0.1, 0.15) is 5.75 Å². The van der Waals surface area contributed by atoms with Crippen molar-refractivity contribution in [2.45, 2.75) is 19.4 Å². The SMILES string of the molecule is O=C(Nc1cnc(-c2cccc(O)c2)nc1)[C@@H]1CCn2cncc2C1. The lowest BCUT2D eigenvalue weighted by Crippen LogP contribution is -2.30. The fourth-order valence-corrected chi connectivity index (χ4v) is 3.02. The number of hydrogen-bond donors (Lipinski definition) is 2. The molecule has 1 atom stereocenters. The first-order valence-corrected chi connectivity index (χ1v) is 8.10. The van der Waals surface area contributed by atoms with Crippen LogP contribution in [0.15, 0.2) is 49.2 Å². The molecule has 1 aromatic carbocycles. The maximum Gasteiger partial charge on any atom is 0.228 e. The zero-order valence-corrected chi connectivity index (χ0v) is 13.5. The molecular weight excluding hydrogens is 318 g/mol. The van der Waals surface area contributed by atoms with Crippen LogP contribution >= 0.6 is 0 Å². The second-order valence-electron chi connectivity index (χ2n) is 6.10. The van der Waals surface area contributed by atoms with Crippen LogP contribution in [0.1, 0.15) is 12.1 Å². The number of carbonyl (C=O) groups excluding carboxylic acids is 1. The summed E-state index contributed by atoms with van der Waals surface area (Å²) < 4.78 is 2.08. The van der Waals surface area contributed by atoms with Gasteiger partial charge in [-0.2, -0.15) is 0 Å². The van der Waals surface area contributed by atoms with Crippen LogP contribution in [0.4, 0.5) is 5.69 Å². The second kappa shape index (κ2) is 6.35. The molecule has 25 heavy (non-hydrogen) atoms. The molecule has 0 radical (unpaired) electrons. The minimum Gasteiger partial charge on any atom is -0.508 e. The average Bonchev–Trinajstić information content (AvgIpc) is 3.10. The summed E-state index contributed by atoms with van der Waals surface area (Å²) in [5.41, 5.74) is 2.37. The Morgan fingerprint density at radius 3 is 2.88 bits per heavy atom. The predicted molar refractivity (Wildman–Crippen MR) is 91.8 cm³/mol. The number of aryl methyl sites for hydroxylation is 1. The number of rotatable bonds is 3. The van der Waals surface area contributed by atoms with Crippen LogP contribution in [0, 0.1) is 5.92 Å². The zero-order chi connectivity index (χ0) is 17.2. The Balaban J connectivity index is 1.44. The first-order chi connectivity index (χ1) is 12.2. The van der Waals surface area contributed by atoms with Gasteiger partial charge in [-0.25, -0.2) is 15.0 Å². The number of amides is 1. The molecule has 7 nitrogen and oxygen atoms in total. The van der Waals surface area contributed by atoms with E-state index in [1.54, 1.807) is 36.9 Å². The standard InChI is InChI=1S/C18H17N5O2/c24-16-3-1-2-12(7-16)17-20-8-14(9-21-17)22-18(25)13-4-5-23-11-19-10-15(23)6-13/h1-3,7-11,13,24H,4-6H2,(H,22,25)/t13-/m1/s1. The lowest BCUT2D eigenvalue weighted by atomic mass is 9.95. The highest BCUT2D eigenvalue weighted by Crippen LogP contribution is 2.23. The van der Waals surface area contributed by atoms with Gasteiger partial charge in [-0.3, -0.25) is 4.79 Å². The fraction of sp³-hybridized carbons (Fsp3) is 0.222. The lowest BCUT2D eigenvalue weighted by molar-refractivity contribution is -0.120. The van der Waals surface area contributed by atoms with Gasteiger partial charge < -0.3 is 15.0 Å². The number of aromatic hydroxyl groups is 1. The van der Waals surface area contributed by atoms with Crippen LogP contribution in [0.2, 0.25) is 0 Å². The summed E-state index contributed by atoms with van der Waals surface area (Å²) in [6.45, 7) is 0.806. The van der Waals surface area contributed by atoms with E-state index in [2.05, 4.69) is 24.8 Å². The number of phenolic OH excluding ortho intramolecular Hbond substituents is 1. The Kier molecular flexibility index (Phi) is 3.89. The molecule has 0 spiro atoms. The zero-order valence-electron chi connectivity index (χ0n) is 13.5. The first-order valence-electron chi connectivity index (χ1n) is 8.10. The summed E-state index contributed by atoms with van der Waals surface area (Å²) in [6, 6.07) is 6.74. The number of nitrogens with one attached hydrogen (secondary N) is 1. The molecule has 3 heterocycles. The smallest absolute Gasteiger partial charge is 0.228 e. The minimum atomic E-state index is -0.0741. The van der Waals surface area contributed by atoms with Crippen molar-refractivity contribution < 1.29 is 9.90 Å². The van der Waals surface area contributed by atoms with Crippen molar-refractivity contribution >= 4 is 11.6 Å². The minimum absolute atomic E-state index is 0.0267. The van der Waals surface area contributed by atoms with Crippen LogP contribution in [0.25, 0.3) is 11.4 Å². The molecule has 0 unspecified atom stereocenters. The third-order valence-corrected chi connectivity index (χ3v) is 4.37. The van der Waals surface area contributed by atoms with Gasteiger partial charge in [-0.05, 0) is 18.6 Å². The molecule has 1 aliphatic heterocycles. The topological polar surface area (TPSA) is 92.9 Å². The normalized spacial score (nSPS) is 16.2. The molecule has 1 aliphatic rings. The molecule has 2 N–H and O–H groups in total. The second-order valence-corrected chi connectivity index (χ2v) is 6.10. The van der Waals surface area contributed by atoms with E-state index in [1.807, 2.05) is 12.3 Å². The van der Waals surface area contributed by atoms with Gasteiger partial charge in [0, 0.05) is 36.3 Å². The summed E-state index contributed by atoms with van der Waals surface area (Å²) in [7, 11) is 0. The molecule has 7 heteroatoms. The van der Waals surface area contributed by atoms with Crippen LogP contribution in [0.5, 0.6) is 5.75 Å². The summed E-state index contributed by atoms with van der Waals surface area (Å²) in [5, 5.41) is 12.4. The quantitative estimate of drug-likeness (QED) is 0.766. The molecule has 126 valence electrons. The summed E-state index contributed by atoms with van der Waals surface area (Å²) in [4.78, 5) is 25.1. The highest BCUT2D eigenvalue weighted by molar-refractivity contribution is 5.92. The summed E-state index contributed by atoms with van der Waals surface area (Å²) in [6.07, 6.45) is 8.25. The van der Waals surface area contributed by atoms with Gasteiger partial charge in [0.25, 0.3) is 0 Å². The van der Waals surface area contributed by atoms with E-state index in [4.69, 9.17) is 0 Å². The van der Waals surface area contributed by atoms with Crippen molar-refractivity contribution in [1.29, 1.82) is 0 Å². The largest absolute Gasteiger partial charge is 0.508 e. The van der Waals surface area contributed by atoms with Gasteiger partial charge in [0.05, 0.1) is 24.4 Å². The maximum absolute atomic E-state index is 12.5. The number of hydrogen-bond acceptors (Lipinski definition) is 5. The highest BCUT2D eigenvalue weighted by Gasteiger charge is 2.25. The van der Waals surface area contributed by atoms with E-state index < -0.39 is 0 Å². The number of aromatic nitrogens is 4. The molecule has 0 fully saturated rings. The summed E-state index contributed by atoms with van der Waals surface area (Å²) >= 11 is 0. The predicted octanol–water partition coefficient (Wildman–Crippen LogP) is 2.25. The van der Waals surface area contributed by atoms with Crippen molar-refractivity contribution in [1.82, 2.24) is 19.5 Å². The molecule has 1 amide bonds. The Morgan fingerprint density at radius 2 is 2.08 bits per heavy atom. The van der Waals surface area contributed by atoms with Crippen molar-refractivity contribution in [2.24, 2.45) is 5.92 Å². The molecule has 4 rings (SSSR count). The van der Waals surface area contributed by atoms with E-state index in [-0.39, 0.29) is 17.6 Å². The van der Waals surface area contributed by atoms with Gasteiger partial charge in [-0.15, -0.1) is 0 Å². The van der Waals surface area contributed by atoms with Crippen molar-refractivity contribution in [3.63, 3.8) is 0 Å². The Morgan fingerprint density at radius 1 is 1.24 bits per heavy atom. The monoisotopic (exact) mass is 335 g/mol. The van der Waals surface area contributed by atoms with Crippen LogP contribution in [0.3, 0.4) is 0 Å². The number of nitrogens with zero attached hydrogens (tertiary/aromatic N) is 4. The maximum atomic E-state index is 12.5. The van der Waals surface area contributed by atoms with Crippen LogP contribution in [-0.4, -0.2) is 30.5 Å². The number of anilines is 1. The molecule has 0 saturated carbocycles. The van der Waals surface area contributed by atoms with Crippen LogP contribution in [-0.2, 0) is 17.8 Å². The lowest BCUT2D eigenvalue weighted by Gasteiger charge is -2.22. The number of phenols is 1. The molecule has 2 aromatic heterocycles. The third-order valence-electron chi connectivity index (χ3n) is 4.37. The fourth-order valence-electron chi connectivity index (χ4n) is 3.02. The van der Waals surface area contributed by atoms with E-state index in [1.165, 1.54) is 0 Å². The third kappa shape index (κ3) is 3.21. The molecule has 0 saturated heterocycles. The number of fused-ring (bicyclic) bond motifs is 1. The number of carbonyl (C=O) groups is 1. The highest BCUT2D eigenvalue weighted by atomic mass is 16.3. The Hall–Kier alpha value is -3.22. The first kappa shape index (κ1) is 15.3. The average molecular weight is 335 g/mol. The molecule has 3 aromatic rings. The molecular formula is C18H17N5O2. The van der Waals surface area contributed by atoms with Gasteiger partial charge >= 0.3 is 0 Å². The van der Waals surface area contributed by atoms with Crippen molar-refractivity contribution in [3.05, 3.63) is 54.9 Å². The van der Waals surface area contributed by atoms with Crippen molar-refractivity contribution in [3.8, 4) is 17.1 Å². The Bertz CT molecular complexity index is 904. The van der Waals surface area contributed by atoms with E-state index >= 15 is 0 Å². The van der Waals surface area contributed by atoms with Gasteiger partial charge in [0.15, 0.2) is 5.82 Å². The van der Waals surface area contributed by atoms with E-state index in [0.29, 0.717) is 17.9 Å². The summed E-state index contributed by atoms with van der Waals surface area (Å²) in [5.74, 6) is 0.557. The number of benzene rings is 1. The van der Waals surface area contributed by atoms with Gasteiger partial charge in [-0.1, -0.05) is 12.1 Å². The number of imidazole rings is 1. The molecule has 0 bridgehead atoms. The molecule has 0 aliphatic carbocycles. The Labute approximate surface area is 144 Å². The van der Waals surface area contributed by atoms with E-state index in [0.717, 1.165) is 24.2 Å². The van der Waals surface area contributed by atoms with E-state index in [9.17, 15) is 9.90 Å². The van der Waals surface area contributed by atoms with Crippen LogP contribution < -0.4 is 5.32 Å².